The van der Waals surface area contributed by atoms with Gasteiger partial charge in [0, 0.05) is 11.3 Å². The maximum atomic E-state index is 13.0. The Balaban J connectivity index is 1.47. The summed E-state index contributed by atoms with van der Waals surface area (Å²) in [5, 5.41) is 2.67. The zero-order valence-corrected chi connectivity index (χ0v) is 20.0. The molecule has 0 aliphatic carbocycles. The average Bonchev–Trinajstić information content (AvgIpc) is 3.05. The number of benzene rings is 3. The van der Waals surface area contributed by atoms with Crippen molar-refractivity contribution < 1.29 is 23.9 Å². The number of Topliss-reactive ketones (excluding diaryl/α,β-unsaturated/α-hetero) is 1. The second kappa shape index (κ2) is 9.56. The molecule has 1 heterocycles. The summed E-state index contributed by atoms with van der Waals surface area (Å²) >= 11 is 6.22. The minimum absolute atomic E-state index is 0.0431. The van der Waals surface area contributed by atoms with Crippen molar-refractivity contribution in [1.29, 1.82) is 0 Å². The van der Waals surface area contributed by atoms with Crippen LogP contribution in [-0.4, -0.2) is 23.6 Å². The predicted molar refractivity (Wildman–Crippen MR) is 133 cm³/mol. The lowest BCUT2D eigenvalue weighted by Crippen LogP contribution is -2.33. The number of nitrogens with zero attached hydrogens (tertiary/aromatic N) is 1. The molecule has 0 spiro atoms. The van der Waals surface area contributed by atoms with Crippen LogP contribution in [-0.2, 0) is 9.59 Å². The minimum atomic E-state index is -0.608. The molecule has 0 bridgehead atoms. The van der Waals surface area contributed by atoms with E-state index in [1.54, 1.807) is 48.5 Å². The first-order valence-electron chi connectivity index (χ1n) is 10.7. The molecule has 7 nitrogen and oxygen atoms in total. The highest BCUT2D eigenvalue weighted by atomic mass is 35.5. The molecule has 3 aromatic rings. The molecule has 0 fully saturated rings. The molecule has 0 unspecified atom stereocenters. The van der Waals surface area contributed by atoms with Gasteiger partial charge in [-0.25, -0.2) is 9.69 Å². The first-order chi connectivity index (χ1) is 16.7. The summed E-state index contributed by atoms with van der Waals surface area (Å²) in [6, 6.07) is 17.8. The third-order valence-corrected chi connectivity index (χ3v) is 6.06. The van der Waals surface area contributed by atoms with Gasteiger partial charge in [0.05, 0.1) is 11.3 Å². The van der Waals surface area contributed by atoms with Crippen LogP contribution in [0.25, 0.3) is 0 Å². The summed E-state index contributed by atoms with van der Waals surface area (Å²) in [6.45, 7) is 5.18. The number of carbonyl (C=O) groups excluding carboxylic acids is 4. The first kappa shape index (κ1) is 23.9. The van der Waals surface area contributed by atoms with Crippen LogP contribution in [0.3, 0.4) is 0 Å². The van der Waals surface area contributed by atoms with Gasteiger partial charge in [0.25, 0.3) is 11.8 Å². The number of imide groups is 1. The quantitative estimate of drug-likeness (QED) is 0.223. The summed E-state index contributed by atoms with van der Waals surface area (Å²) in [5.74, 6) is -1.53. The van der Waals surface area contributed by atoms with E-state index in [1.165, 1.54) is 19.1 Å². The van der Waals surface area contributed by atoms with Gasteiger partial charge < -0.3 is 10.1 Å². The van der Waals surface area contributed by atoms with Gasteiger partial charge in [-0.2, -0.15) is 0 Å². The number of carbonyl (C=O) groups is 4. The Morgan fingerprint density at radius 3 is 2.11 bits per heavy atom. The summed E-state index contributed by atoms with van der Waals surface area (Å²) in [7, 11) is 0. The number of ether oxygens (including phenoxy) is 1. The maximum Gasteiger partial charge on any atom is 0.343 e. The molecule has 4 rings (SSSR count). The lowest BCUT2D eigenvalue weighted by molar-refractivity contribution is -0.120. The lowest BCUT2D eigenvalue weighted by Gasteiger charge is -2.18. The van der Waals surface area contributed by atoms with E-state index in [2.05, 4.69) is 5.32 Å². The number of amides is 2. The van der Waals surface area contributed by atoms with Gasteiger partial charge in [0.1, 0.15) is 16.5 Å². The molecule has 1 aliphatic rings. The van der Waals surface area contributed by atoms with Crippen molar-refractivity contribution in [1.82, 2.24) is 0 Å². The van der Waals surface area contributed by atoms with Gasteiger partial charge in [-0.15, -0.1) is 0 Å². The summed E-state index contributed by atoms with van der Waals surface area (Å²) in [5.41, 5.74) is 3.44. The number of aryl methyl sites for hydroxylation is 1. The molecule has 1 aliphatic heterocycles. The Hall–Kier alpha value is -4.23. The van der Waals surface area contributed by atoms with Crippen LogP contribution in [0.4, 0.5) is 11.4 Å². The van der Waals surface area contributed by atoms with Gasteiger partial charge in [0.15, 0.2) is 5.78 Å². The number of anilines is 2. The van der Waals surface area contributed by atoms with Gasteiger partial charge in [-0.05, 0) is 86.5 Å². The molecule has 1 N–H and O–H groups in total. The van der Waals surface area contributed by atoms with Crippen molar-refractivity contribution in [3.8, 4) is 5.75 Å². The largest absolute Gasteiger partial charge is 0.423 e. The molecule has 0 saturated heterocycles. The topological polar surface area (TPSA) is 92.8 Å². The summed E-state index contributed by atoms with van der Waals surface area (Å²) in [4.78, 5) is 50.7. The fraction of sp³-hybridized carbons (Fsp3) is 0.111. The van der Waals surface area contributed by atoms with E-state index in [-0.39, 0.29) is 22.1 Å². The van der Waals surface area contributed by atoms with Crippen molar-refractivity contribution in [2.45, 2.75) is 20.8 Å². The number of esters is 1. The molecule has 176 valence electrons. The molecule has 8 heteroatoms. The Kier molecular flexibility index (Phi) is 6.53. The standard InChI is InChI=1S/C27H21ClN2O5/c1-15-5-4-6-22(16(15)2)30-25(32)23(28)24(26(30)33)29-20-11-7-19(8-12-20)27(34)35-21-13-9-18(10-14-21)17(3)31/h4-14,29H,1-3H3. The van der Waals surface area contributed by atoms with Crippen LogP contribution in [0, 0.1) is 13.8 Å². The van der Waals surface area contributed by atoms with Crippen molar-refractivity contribution in [2.75, 3.05) is 10.2 Å². The second-order valence-electron chi connectivity index (χ2n) is 8.03. The number of hydrogen-bond acceptors (Lipinski definition) is 6. The van der Waals surface area contributed by atoms with Crippen LogP contribution < -0.4 is 15.0 Å². The van der Waals surface area contributed by atoms with Crippen LogP contribution in [0.15, 0.2) is 77.5 Å². The van der Waals surface area contributed by atoms with Crippen LogP contribution in [0.2, 0.25) is 0 Å². The van der Waals surface area contributed by atoms with Crippen molar-refractivity contribution in [2.24, 2.45) is 0 Å². The summed E-state index contributed by atoms with van der Waals surface area (Å²) in [6.07, 6.45) is 0. The second-order valence-corrected chi connectivity index (χ2v) is 8.40. The van der Waals surface area contributed by atoms with E-state index < -0.39 is 17.8 Å². The van der Waals surface area contributed by atoms with Crippen LogP contribution in [0.1, 0.15) is 38.8 Å². The Morgan fingerprint density at radius 1 is 0.857 bits per heavy atom. The number of hydrogen-bond donors (Lipinski definition) is 1. The van der Waals surface area contributed by atoms with Gasteiger partial charge >= 0.3 is 5.97 Å². The number of ketones is 1. The normalized spacial score (nSPS) is 13.3. The number of halogens is 1. The molecule has 0 atom stereocenters. The highest BCUT2D eigenvalue weighted by Crippen LogP contribution is 2.33. The average molecular weight is 489 g/mol. The Bertz CT molecular complexity index is 1390. The molecule has 0 saturated carbocycles. The molecule has 35 heavy (non-hydrogen) atoms. The van der Waals surface area contributed by atoms with E-state index in [1.807, 2.05) is 19.9 Å². The third-order valence-electron chi connectivity index (χ3n) is 5.71. The molecular formula is C27H21ClN2O5. The van der Waals surface area contributed by atoms with E-state index in [9.17, 15) is 19.2 Å². The maximum absolute atomic E-state index is 13.0. The van der Waals surface area contributed by atoms with E-state index in [0.29, 0.717) is 22.7 Å². The van der Waals surface area contributed by atoms with Crippen LogP contribution >= 0.6 is 11.6 Å². The zero-order chi connectivity index (χ0) is 25.3. The SMILES string of the molecule is CC(=O)c1ccc(OC(=O)c2ccc(NC3=C(Cl)C(=O)N(c4cccc(C)c4C)C3=O)cc2)cc1. The van der Waals surface area contributed by atoms with E-state index in [0.717, 1.165) is 16.0 Å². The molecule has 3 aromatic carbocycles. The van der Waals surface area contributed by atoms with Crippen molar-refractivity contribution >= 4 is 46.5 Å². The van der Waals surface area contributed by atoms with Gasteiger partial charge in [-0.1, -0.05) is 23.7 Å². The zero-order valence-electron chi connectivity index (χ0n) is 19.2. The van der Waals surface area contributed by atoms with Gasteiger partial charge in [-0.3, -0.25) is 14.4 Å². The van der Waals surface area contributed by atoms with Crippen LogP contribution in [0.5, 0.6) is 5.75 Å². The lowest BCUT2D eigenvalue weighted by atomic mass is 10.1. The molecule has 0 radical (unpaired) electrons. The highest BCUT2D eigenvalue weighted by molar-refractivity contribution is 6.53. The fourth-order valence-corrected chi connectivity index (χ4v) is 3.78. The van der Waals surface area contributed by atoms with E-state index >= 15 is 0 Å². The Morgan fingerprint density at radius 2 is 1.49 bits per heavy atom. The fourth-order valence-electron chi connectivity index (χ4n) is 3.57. The van der Waals surface area contributed by atoms with Crippen molar-refractivity contribution in [3.63, 3.8) is 0 Å². The third kappa shape index (κ3) is 4.72. The van der Waals surface area contributed by atoms with Gasteiger partial charge in [0.2, 0.25) is 0 Å². The predicted octanol–water partition coefficient (Wildman–Crippen LogP) is 5.16. The van der Waals surface area contributed by atoms with Crippen molar-refractivity contribution in [3.05, 3.63) is 99.7 Å². The smallest absolute Gasteiger partial charge is 0.343 e. The number of rotatable bonds is 6. The molecule has 2 amide bonds. The summed E-state index contributed by atoms with van der Waals surface area (Å²) < 4.78 is 5.33. The monoisotopic (exact) mass is 488 g/mol. The van der Waals surface area contributed by atoms with E-state index in [4.69, 9.17) is 16.3 Å². The first-order valence-corrected chi connectivity index (χ1v) is 11.1. The minimum Gasteiger partial charge on any atom is -0.423 e. The molecule has 0 aromatic heterocycles. The molecular weight excluding hydrogens is 468 g/mol. The number of nitrogens with one attached hydrogen (secondary N) is 1. The highest BCUT2D eigenvalue weighted by Gasteiger charge is 2.39. The Labute approximate surface area is 207 Å².